The first kappa shape index (κ1) is 17.2. The van der Waals surface area contributed by atoms with Gasteiger partial charge in [0.25, 0.3) is 0 Å². The van der Waals surface area contributed by atoms with Crippen LogP contribution in [-0.4, -0.2) is 18.4 Å². The fraction of sp³-hybridized carbons (Fsp3) is 0.167. The van der Waals surface area contributed by atoms with Crippen LogP contribution < -0.4 is 10.6 Å². The van der Waals surface area contributed by atoms with Crippen LogP contribution in [0.1, 0.15) is 17.5 Å². The van der Waals surface area contributed by atoms with E-state index in [-0.39, 0.29) is 12.2 Å². The van der Waals surface area contributed by atoms with Crippen LogP contribution in [-0.2, 0) is 16.0 Å². The lowest BCUT2D eigenvalue weighted by Crippen LogP contribution is -2.29. The molecular weight excluding hydrogens is 309 g/mol. The predicted molar refractivity (Wildman–Crippen MR) is 87.5 cm³/mol. The lowest BCUT2D eigenvalue weighted by atomic mass is 10.1. The van der Waals surface area contributed by atoms with Crippen molar-refractivity contribution in [3.8, 4) is 6.07 Å². The SMILES string of the molecule is N#Cc1ccccc1NC(=O)CC(=O)NCCc1ccc(F)cc1. The van der Waals surface area contributed by atoms with Crippen LogP contribution >= 0.6 is 0 Å². The van der Waals surface area contributed by atoms with E-state index in [1.807, 2.05) is 6.07 Å². The first-order valence-corrected chi connectivity index (χ1v) is 7.38. The number of hydrogen-bond donors (Lipinski definition) is 2. The van der Waals surface area contributed by atoms with Crippen molar-refractivity contribution in [3.05, 3.63) is 65.5 Å². The zero-order valence-corrected chi connectivity index (χ0v) is 12.9. The van der Waals surface area contributed by atoms with Crippen molar-refractivity contribution in [2.24, 2.45) is 0 Å². The lowest BCUT2D eigenvalue weighted by molar-refractivity contribution is -0.126. The summed E-state index contributed by atoms with van der Waals surface area (Å²) in [6, 6.07) is 14.5. The van der Waals surface area contributed by atoms with E-state index in [2.05, 4.69) is 10.6 Å². The summed E-state index contributed by atoms with van der Waals surface area (Å²) in [5.41, 5.74) is 1.61. The molecule has 2 N–H and O–H groups in total. The molecule has 5 nitrogen and oxygen atoms in total. The number of benzene rings is 2. The highest BCUT2D eigenvalue weighted by molar-refractivity contribution is 6.04. The monoisotopic (exact) mass is 325 g/mol. The summed E-state index contributed by atoms with van der Waals surface area (Å²) < 4.78 is 12.8. The predicted octanol–water partition coefficient (Wildman–Crippen LogP) is 2.38. The number of para-hydroxylation sites is 1. The number of nitrogens with zero attached hydrogens (tertiary/aromatic N) is 1. The number of nitriles is 1. The third-order valence-electron chi connectivity index (χ3n) is 3.29. The number of carbonyl (C=O) groups excluding carboxylic acids is 2. The molecule has 0 aliphatic heterocycles. The largest absolute Gasteiger partial charge is 0.355 e. The van der Waals surface area contributed by atoms with Crippen LogP contribution in [0.2, 0.25) is 0 Å². The van der Waals surface area contributed by atoms with Crippen LogP contribution in [0.25, 0.3) is 0 Å². The molecule has 2 aromatic rings. The van der Waals surface area contributed by atoms with Crippen LogP contribution in [0.4, 0.5) is 10.1 Å². The maximum atomic E-state index is 12.8. The molecule has 0 spiro atoms. The van der Waals surface area contributed by atoms with Crippen molar-refractivity contribution in [1.82, 2.24) is 5.32 Å². The van der Waals surface area contributed by atoms with Crippen molar-refractivity contribution >= 4 is 17.5 Å². The molecule has 0 unspecified atom stereocenters. The molecule has 0 bridgehead atoms. The van der Waals surface area contributed by atoms with Crippen molar-refractivity contribution in [1.29, 1.82) is 5.26 Å². The Morgan fingerprint density at radius 2 is 1.75 bits per heavy atom. The minimum Gasteiger partial charge on any atom is -0.355 e. The first-order chi connectivity index (χ1) is 11.6. The van der Waals surface area contributed by atoms with E-state index in [4.69, 9.17) is 5.26 Å². The molecule has 0 radical (unpaired) electrons. The van der Waals surface area contributed by atoms with Crippen molar-refractivity contribution in [2.45, 2.75) is 12.8 Å². The first-order valence-electron chi connectivity index (χ1n) is 7.38. The van der Waals surface area contributed by atoms with Gasteiger partial charge in [-0.3, -0.25) is 9.59 Å². The second-order valence-electron chi connectivity index (χ2n) is 5.11. The second-order valence-corrected chi connectivity index (χ2v) is 5.11. The zero-order chi connectivity index (χ0) is 17.4. The van der Waals surface area contributed by atoms with Gasteiger partial charge in [-0.05, 0) is 36.2 Å². The minimum atomic E-state index is -0.489. The maximum Gasteiger partial charge on any atom is 0.233 e. The van der Waals surface area contributed by atoms with Gasteiger partial charge >= 0.3 is 0 Å². The van der Waals surface area contributed by atoms with Crippen molar-refractivity contribution < 1.29 is 14.0 Å². The fourth-order valence-electron chi connectivity index (χ4n) is 2.09. The Morgan fingerprint density at radius 3 is 2.46 bits per heavy atom. The number of amides is 2. The van der Waals surface area contributed by atoms with Crippen LogP contribution in [0.15, 0.2) is 48.5 Å². The third-order valence-corrected chi connectivity index (χ3v) is 3.29. The summed E-state index contributed by atoms with van der Waals surface area (Å²) in [4.78, 5) is 23.6. The van der Waals surface area contributed by atoms with Gasteiger partial charge in [0, 0.05) is 6.54 Å². The van der Waals surface area contributed by atoms with E-state index >= 15 is 0 Å². The van der Waals surface area contributed by atoms with Crippen molar-refractivity contribution in [3.63, 3.8) is 0 Å². The molecule has 0 saturated carbocycles. The van der Waals surface area contributed by atoms with E-state index in [0.717, 1.165) is 5.56 Å². The standard InChI is InChI=1S/C18H16FN3O2/c19-15-7-5-13(6-8-15)9-10-21-17(23)11-18(24)22-16-4-2-1-3-14(16)12-20/h1-8H,9-11H2,(H,21,23)(H,22,24). The van der Waals surface area contributed by atoms with Gasteiger partial charge in [0.15, 0.2) is 0 Å². The molecule has 0 saturated heterocycles. The average molecular weight is 325 g/mol. The summed E-state index contributed by atoms with van der Waals surface area (Å²) in [5.74, 6) is -1.21. The van der Waals surface area contributed by atoms with Crippen molar-refractivity contribution in [2.75, 3.05) is 11.9 Å². The van der Waals surface area contributed by atoms with Gasteiger partial charge in [0.2, 0.25) is 11.8 Å². The Balaban J connectivity index is 1.76. The molecule has 0 aromatic heterocycles. The quantitative estimate of drug-likeness (QED) is 0.800. The van der Waals surface area contributed by atoms with Gasteiger partial charge in [0.1, 0.15) is 18.3 Å². The molecular formula is C18H16FN3O2. The number of halogens is 1. The topological polar surface area (TPSA) is 82.0 Å². The molecule has 2 aromatic carbocycles. The summed E-state index contributed by atoms with van der Waals surface area (Å²) in [5, 5.41) is 14.1. The van der Waals surface area contributed by atoms with Gasteiger partial charge in [0.05, 0.1) is 11.3 Å². The molecule has 2 amide bonds. The van der Waals surface area contributed by atoms with Gasteiger partial charge in [-0.15, -0.1) is 0 Å². The van der Waals surface area contributed by atoms with Gasteiger partial charge in [-0.1, -0.05) is 24.3 Å². The number of rotatable bonds is 6. The highest BCUT2D eigenvalue weighted by atomic mass is 19.1. The molecule has 0 aliphatic rings. The number of hydrogen-bond acceptors (Lipinski definition) is 3. The van der Waals surface area contributed by atoms with Gasteiger partial charge in [-0.25, -0.2) is 4.39 Å². The Bertz CT molecular complexity index is 767. The molecule has 24 heavy (non-hydrogen) atoms. The Kier molecular flexibility index (Phi) is 6.03. The zero-order valence-electron chi connectivity index (χ0n) is 12.9. The normalized spacial score (nSPS) is 9.83. The molecule has 6 heteroatoms. The van der Waals surface area contributed by atoms with E-state index in [1.165, 1.54) is 12.1 Å². The number of carbonyl (C=O) groups is 2. The van der Waals surface area contributed by atoms with E-state index in [9.17, 15) is 14.0 Å². The molecule has 0 atom stereocenters. The average Bonchev–Trinajstić information content (AvgIpc) is 2.57. The summed E-state index contributed by atoms with van der Waals surface area (Å²) in [7, 11) is 0. The Labute approximate surface area is 139 Å². The Morgan fingerprint density at radius 1 is 1.04 bits per heavy atom. The highest BCUT2D eigenvalue weighted by Gasteiger charge is 2.11. The van der Waals surface area contributed by atoms with Crippen LogP contribution in [0.3, 0.4) is 0 Å². The van der Waals surface area contributed by atoms with Gasteiger partial charge < -0.3 is 10.6 Å². The molecule has 2 rings (SSSR count). The number of anilines is 1. The third kappa shape index (κ3) is 5.21. The summed E-state index contributed by atoms with van der Waals surface area (Å²) in [6.07, 6.45) is 0.216. The maximum absolute atomic E-state index is 12.8. The highest BCUT2D eigenvalue weighted by Crippen LogP contribution is 2.13. The van der Waals surface area contributed by atoms with E-state index in [1.54, 1.807) is 36.4 Å². The molecule has 0 aliphatic carbocycles. The molecule has 0 heterocycles. The summed E-state index contributed by atoms with van der Waals surface area (Å²) in [6.45, 7) is 0.354. The lowest BCUT2D eigenvalue weighted by Gasteiger charge is -2.08. The second kappa shape index (κ2) is 8.44. The number of nitrogens with one attached hydrogen (secondary N) is 2. The Hall–Kier alpha value is -3.20. The smallest absolute Gasteiger partial charge is 0.233 e. The van der Waals surface area contributed by atoms with E-state index in [0.29, 0.717) is 24.2 Å². The summed E-state index contributed by atoms with van der Waals surface area (Å²) >= 11 is 0. The fourth-order valence-corrected chi connectivity index (χ4v) is 2.09. The van der Waals surface area contributed by atoms with Gasteiger partial charge in [-0.2, -0.15) is 5.26 Å². The van der Waals surface area contributed by atoms with Crippen LogP contribution in [0.5, 0.6) is 0 Å². The molecule has 0 fully saturated rings. The van der Waals surface area contributed by atoms with Crippen LogP contribution in [0, 0.1) is 17.1 Å². The molecule has 122 valence electrons. The van der Waals surface area contributed by atoms with E-state index < -0.39 is 11.8 Å². The minimum absolute atomic E-state index is 0.308.